The smallest absolute Gasteiger partial charge is 0.289 e. The van der Waals surface area contributed by atoms with E-state index in [4.69, 9.17) is 4.74 Å². The van der Waals surface area contributed by atoms with Crippen LogP contribution in [-0.2, 0) is 0 Å². The topological polar surface area (TPSA) is 79.4 Å². The van der Waals surface area contributed by atoms with E-state index in [0.29, 0.717) is 18.0 Å². The molecule has 1 amide bonds. The molecule has 0 spiro atoms. The monoisotopic (exact) mass is 348 g/mol. The number of hydrogen-bond acceptors (Lipinski definition) is 4. The Morgan fingerprint density at radius 2 is 2.04 bits per heavy atom. The molecule has 2 N–H and O–H groups in total. The zero-order valence-electron chi connectivity index (χ0n) is 14.7. The number of ether oxygens (including phenoxy) is 1. The van der Waals surface area contributed by atoms with Gasteiger partial charge in [0.15, 0.2) is 0 Å². The van der Waals surface area contributed by atoms with Crippen molar-refractivity contribution in [1.29, 1.82) is 0 Å². The average molecular weight is 348 g/mol. The molecule has 0 unspecified atom stereocenters. The normalized spacial score (nSPS) is 10.8. The van der Waals surface area contributed by atoms with E-state index in [1.165, 1.54) is 5.56 Å². The van der Waals surface area contributed by atoms with Gasteiger partial charge in [0.05, 0.1) is 18.5 Å². The number of aromatic amines is 1. The molecule has 26 heavy (non-hydrogen) atoms. The highest BCUT2D eigenvalue weighted by molar-refractivity contribution is 5.94. The van der Waals surface area contributed by atoms with Crippen LogP contribution in [0.25, 0.3) is 11.3 Å². The van der Waals surface area contributed by atoms with E-state index in [0.717, 1.165) is 16.9 Å². The Morgan fingerprint density at radius 3 is 2.81 bits per heavy atom. The molecule has 0 atom stereocenters. The Morgan fingerprint density at radius 1 is 1.23 bits per heavy atom. The number of aromatic nitrogens is 2. The molecular weight excluding hydrogens is 328 g/mol. The fourth-order valence-electron chi connectivity index (χ4n) is 2.38. The third kappa shape index (κ3) is 4.36. The quantitative estimate of drug-likeness (QED) is 0.528. The molecule has 0 aliphatic carbocycles. The summed E-state index contributed by atoms with van der Waals surface area (Å²) in [6.07, 6.45) is 1.60. The minimum Gasteiger partial charge on any atom is -0.494 e. The minimum atomic E-state index is -0.354. The maximum atomic E-state index is 12.2. The van der Waals surface area contributed by atoms with Gasteiger partial charge in [-0.2, -0.15) is 10.2 Å². The number of H-pyrrole nitrogens is 1. The number of hydrazone groups is 1. The van der Waals surface area contributed by atoms with Crippen LogP contribution in [0.2, 0.25) is 0 Å². The van der Waals surface area contributed by atoms with Gasteiger partial charge in [-0.05, 0) is 37.6 Å². The minimum absolute atomic E-state index is 0.336. The zero-order valence-corrected chi connectivity index (χ0v) is 14.7. The maximum Gasteiger partial charge on any atom is 0.289 e. The molecule has 132 valence electrons. The first-order valence-corrected chi connectivity index (χ1v) is 8.34. The fraction of sp³-hybridized carbons (Fsp3) is 0.150. The lowest BCUT2D eigenvalue weighted by Crippen LogP contribution is -2.17. The molecule has 0 saturated carbocycles. The van der Waals surface area contributed by atoms with Gasteiger partial charge in [-0.25, -0.2) is 5.43 Å². The predicted molar refractivity (Wildman–Crippen MR) is 101 cm³/mol. The summed E-state index contributed by atoms with van der Waals surface area (Å²) < 4.78 is 5.49. The highest BCUT2D eigenvalue weighted by Gasteiger charge is 2.11. The van der Waals surface area contributed by atoms with Crippen molar-refractivity contribution in [3.63, 3.8) is 0 Å². The molecule has 0 bridgehead atoms. The first-order chi connectivity index (χ1) is 12.7. The molecule has 0 aliphatic rings. The van der Waals surface area contributed by atoms with Gasteiger partial charge in [0.1, 0.15) is 11.4 Å². The summed E-state index contributed by atoms with van der Waals surface area (Å²) in [6.45, 7) is 4.54. The van der Waals surface area contributed by atoms with Crippen molar-refractivity contribution in [2.24, 2.45) is 5.10 Å². The Balaban J connectivity index is 1.66. The second kappa shape index (κ2) is 8.11. The lowest BCUT2D eigenvalue weighted by molar-refractivity contribution is 0.0950. The molecule has 0 saturated heterocycles. The maximum absolute atomic E-state index is 12.2. The van der Waals surface area contributed by atoms with Crippen LogP contribution in [-0.4, -0.2) is 28.9 Å². The van der Waals surface area contributed by atoms with Crippen LogP contribution in [0.3, 0.4) is 0 Å². The number of aryl methyl sites for hydroxylation is 1. The van der Waals surface area contributed by atoms with Crippen molar-refractivity contribution in [2.45, 2.75) is 13.8 Å². The van der Waals surface area contributed by atoms with Crippen LogP contribution >= 0.6 is 0 Å². The summed E-state index contributed by atoms with van der Waals surface area (Å²) in [7, 11) is 0. The Labute approximate surface area is 151 Å². The fourth-order valence-corrected chi connectivity index (χ4v) is 2.38. The molecule has 0 aliphatic heterocycles. The summed E-state index contributed by atoms with van der Waals surface area (Å²) in [5, 5.41) is 10.9. The molecule has 3 aromatic rings. The summed E-state index contributed by atoms with van der Waals surface area (Å²) in [6, 6.07) is 17.1. The van der Waals surface area contributed by atoms with Crippen molar-refractivity contribution in [3.8, 4) is 17.0 Å². The largest absolute Gasteiger partial charge is 0.494 e. The van der Waals surface area contributed by atoms with E-state index < -0.39 is 0 Å². The van der Waals surface area contributed by atoms with Crippen LogP contribution in [0.4, 0.5) is 0 Å². The Kier molecular flexibility index (Phi) is 5.43. The molecule has 0 fully saturated rings. The Hall–Kier alpha value is -3.41. The van der Waals surface area contributed by atoms with Crippen LogP contribution in [0.15, 0.2) is 59.7 Å². The summed E-state index contributed by atoms with van der Waals surface area (Å²) >= 11 is 0. The second-order valence-electron chi connectivity index (χ2n) is 5.74. The number of nitrogens with zero attached hydrogens (tertiary/aromatic N) is 2. The number of nitrogens with one attached hydrogen (secondary N) is 2. The van der Waals surface area contributed by atoms with Gasteiger partial charge in [-0.1, -0.05) is 42.0 Å². The van der Waals surface area contributed by atoms with Gasteiger partial charge in [0.2, 0.25) is 0 Å². The molecular formula is C20H20N4O2. The van der Waals surface area contributed by atoms with Crippen molar-refractivity contribution in [1.82, 2.24) is 15.6 Å². The lowest BCUT2D eigenvalue weighted by atomic mass is 10.1. The van der Waals surface area contributed by atoms with Gasteiger partial charge in [0.25, 0.3) is 5.91 Å². The van der Waals surface area contributed by atoms with Gasteiger partial charge in [-0.15, -0.1) is 0 Å². The van der Waals surface area contributed by atoms with Crippen molar-refractivity contribution in [2.75, 3.05) is 6.61 Å². The van der Waals surface area contributed by atoms with Gasteiger partial charge in [-0.3, -0.25) is 9.89 Å². The molecule has 1 aromatic heterocycles. The molecule has 2 aromatic carbocycles. The third-order valence-electron chi connectivity index (χ3n) is 3.72. The second-order valence-corrected chi connectivity index (χ2v) is 5.74. The molecule has 3 rings (SSSR count). The summed E-state index contributed by atoms with van der Waals surface area (Å²) in [5.74, 6) is 0.412. The lowest BCUT2D eigenvalue weighted by Gasteiger charge is -2.03. The van der Waals surface area contributed by atoms with E-state index in [-0.39, 0.29) is 5.91 Å². The van der Waals surface area contributed by atoms with Crippen LogP contribution in [0.5, 0.6) is 5.75 Å². The zero-order chi connectivity index (χ0) is 18.4. The van der Waals surface area contributed by atoms with E-state index in [9.17, 15) is 4.79 Å². The van der Waals surface area contributed by atoms with Crippen LogP contribution < -0.4 is 10.2 Å². The standard InChI is InChI=1S/C20H20N4O2/c1-3-26-17-6-4-5-16(11-17)18-12-19(23-22-18)20(25)24-21-13-15-9-7-14(2)8-10-15/h4-13H,3H2,1-2H3,(H,22,23)(H,24,25)/b21-13+. The predicted octanol–water partition coefficient (Wildman–Crippen LogP) is 3.55. The molecule has 6 nitrogen and oxygen atoms in total. The number of carbonyl (C=O) groups excluding carboxylic acids is 1. The first kappa shape index (κ1) is 17.4. The van der Waals surface area contributed by atoms with E-state index in [1.807, 2.05) is 62.4 Å². The highest BCUT2D eigenvalue weighted by Crippen LogP contribution is 2.22. The third-order valence-corrected chi connectivity index (χ3v) is 3.72. The molecule has 6 heteroatoms. The Bertz CT molecular complexity index is 914. The van der Waals surface area contributed by atoms with Crippen molar-refractivity contribution < 1.29 is 9.53 Å². The first-order valence-electron chi connectivity index (χ1n) is 8.34. The van der Waals surface area contributed by atoms with E-state index in [1.54, 1.807) is 12.3 Å². The van der Waals surface area contributed by atoms with Crippen molar-refractivity contribution >= 4 is 12.1 Å². The number of rotatable bonds is 6. The van der Waals surface area contributed by atoms with E-state index in [2.05, 4.69) is 20.7 Å². The average Bonchev–Trinajstić information content (AvgIpc) is 3.14. The van der Waals surface area contributed by atoms with Gasteiger partial charge >= 0.3 is 0 Å². The number of hydrogen-bond donors (Lipinski definition) is 2. The molecule has 1 heterocycles. The van der Waals surface area contributed by atoms with E-state index >= 15 is 0 Å². The van der Waals surface area contributed by atoms with Crippen LogP contribution in [0.1, 0.15) is 28.5 Å². The van der Waals surface area contributed by atoms with Crippen LogP contribution in [0, 0.1) is 6.92 Å². The summed E-state index contributed by atoms with van der Waals surface area (Å²) in [4.78, 5) is 12.2. The SMILES string of the molecule is CCOc1cccc(-c2cc(C(=O)N/N=C/c3ccc(C)cc3)[nH]n2)c1. The number of carbonyl (C=O) groups is 1. The molecule has 0 radical (unpaired) electrons. The van der Waals surface area contributed by atoms with Crippen molar-refractivity contribution in [3.05, 3.63) is 71.4 Å². The summed E-state index contributed by atoms with van der Waals surface area (Å²) in [5.41, 5.74) is 6.45. The van der Waals surface area contributed by atoms with Gasteiger partial charge < -0.3 is 4.74 Å². The highest BCUT2D eigenvalue weighted by atomic mass is 16.5. The number of benzene rings is 2. The van der Waals surface area contributed by atoms with Gasteiger partial charge in [0, 0.05) is 5.56 Å². The number of amides is 1.